The molecule has 4 rings (SSSR count). The summed E-state index contributed by atoms with van der Waals surface area (Å²) in [7, 11) is 0. The van der Waals surface area contributed by atoms with Crippen LogP contribution in [0.1, 0.15) is 38.5 Å². The van der Waals surface area contributed by atoms with Crippen molar-refractivity contribution in [1.82, 2.24) is 14.7 Å². The molecule has 1 aromatic carbocycles. The van der Waals surface area contributed by atoms with Gasteiger partial charge in [-0.05, 0) is 68.1 Å². The zero-order valence-corrected chi connectivity index (χ0v) is 18.7. The van der Waals surface area contributed by atoms with Crippen LogP contribution in [0.2, 0.25) is 0 Å². The Labute approximate surface area is 189 Å². The summed E-state index contributed by atoms with van der Waals surface area (Å²) in [6.45, 7) is 9.49. The first-order valence-electron chi connectivity index (χ1n) is 11.7. The Kier molecular flexibility index (Phi) is 7.19. The maximum atomic E-state index is 12.6. The van der Waals surface area contributed by atoms with Crippen LogP contribution in [0.15, 0.2) is 41.7 Å². The van der Waals surface area contributed by atoms with Crippen molar-refractivity contribution in [1.29, 1.82) is 0 Å². The molecule has 2 amide bonds. The molecule has 0 radical (unpaired) electrons. The number of benzene rings is 1. The number of anilines is 1. The first-order valence-corrected chi connectivity index (χ1v) is 11.7. The molecule has 32 heavy (non-hydrogen) atoms. The lowest BCUT2D eigenvalue weighted by atomic mass is 9.99. The maximum absolute atomic E-state index is 12.6. The molecule has 8 nitrogen and oxygen atoms in total. The first kappa shape index (κ1) is 22.5. The molecule has 0 spiro atoms. The number of nitrogens with one attached hydrogen (secondary N) is 1. The van der Waals surface area contributed by atoms with Gasteiger partial charge in [0.2, 0.25) is 11.8 Å². The fourth-order valence-corrected chi connectivity index (χ4v) is 5.10. The van der Waals surface area contributed by atoms with Crippen molar-refractivity contribution in [2.75, 3.05) is 44.6 Å². The van der Waals surface area contributed by atoms with Crippen LogP contribution in [0.25, 0.3) is 0 Å². The molecule has 172 valence electrons. The van der Waals surface area contributed by atoms with Crippen molar-refractivity contribution in [2.45, 2.75) is 44.6 Å². The number of piperidine rings is 2. The van der Waals surface area contributed by atoms with Crippen molar-refractivity contribution in [3.05, 3.63) is 41.4 Å². The van der Waals surface area contributed by atoms with Crippen LogP contribution in [0, 0.1) is 10.8 Å². The van der Waals surface area contributed by atoms with E-state index in [1.807, 2.05) is 0 Å². The topological polar surface area (TPSA) is 85.3 Å². The van der Waals surface area contributed by atoms with Gasteiger partial charge in [0, 0.05) is 56.6 Å². The van der Waals surface area contributed by atoms with E-state index in [2.05, 4.69) is 31.8 Å². The summed E-state index contributed by atoms with van der Waals surface area (Å²) < 4.78 is 0. The monoisotopic (exact) mass is 439 g/mol. The Balaban J connectivity index is 1.20. The van der Waals surface area contributed by atoms with Gasteiger partial charge in [0.05, 0.1) is 5.92 Å². The van der Waals surface area contributed by atoms with E-state index in [1.54, 1.807) is 24.3 Å². The van der Waals surface area contributed by atoms with E-state index in [0.29, 0.717) is 29.7 Å². The molecule has 3 aliphatic rings. The van der Waals surface area contributed by atoms with Gasteiger partial charge in [0.15, 0.2) is 0 Å². The normalized spacial score (nSPS) is 22.8. The number of rotatable bonds is 7. The Morgan fingerprint density at radius 3 is 2.50 bits per heavy atom. The molecule has 0 aromatic heterocycles. The van der Waals surface area contributed by atoms with Gasteiger partial charge in [0.1, 0.15) is 5.69 Å². The second kappa shape index (κ2) is 10.3. The van der Waals surface area contributed by atoms with E-state index in [9.17, 15) is 14.5 Å². The Morgan fingerprint density at radius 1 is 1.06 bits per heavy atom. The van der Waals surface area contributed by atoms with Gasteiger partial charge in [-0.15, -0.1) is 4.91 Å². The summed E-state index contributed by atoms with van der Waals surface area (Å²) in [5.41, 5.74) is 2.13. The lowest BCUT2D eigenvalue weighted by Gasteiger charge is -2.41. The molecule has 0 aliphatic carbocycles. The molecule has 8 heteroatoms. The number of carbonyl (C=O) groups excluding carboxylic acids is 2. The fourth-order valence-electron chi connectivity index (χ4n) is 5.10. The van der Waals surface area contributed by atoms with Gasteiger partial charge < -0.3 is 15.1 Å². The lowest BCUT2D eigenvalue weighted by molar-refractivity contribution is -0.136. The van der Waals surface area contributed by atoms with Crippen LogP contribution in [-0.4, -0.2) is 71.8 Å². The van der Waals surface area contributed by atoms with Crippen molar-refractivity contribution in [2.24, 2.45) is 11.1 Å². The molecular formula is C24H33N5O3. The van der Waals surface area contributed by atoms with Crippen LogP contribution in [0.5, 0.6) is 0 Å². The van der Waals surface area contributed by atoms with E-state index in [0.717, 1.165) is 77.1 Å². The molecule has 1 unspecified atom stereocenters. The minimum absolute atomic E-state index is 0.0111. The highest BCUT2D eigenvalue weighted by Gasteiger charge is 2.32. The smallest absolute Gasteiger partial charge is 0.228 e. The van der Waals surface area contributed by atoms with Crippen LogP contribution in [0.4, 0.5) is 11.4 Å². The number of carbonyl (C=O) groups is 2. The number of amides is 2. The van der Waals surface area contributed by atoms with Crippen LogP contribution >= 0.6 is 0 Å². The van der Waals surface area contributed by atoms with Crippen molar-refractivity contribution in [3.63, 3.8) is 0 Å². The molecule has 1 atom stereocenters. The van der Waals surface area contributed by atoms with Gasteiger partial charge in [0.25, 0.3) is 0 Å². The van der Waals surface area contributed by atoms with Crippen molar-refractivity contribution >= 4 is 23.2 Å². The number of nitrogens with zero attached hydrogens (tertiary/aromatic N) is 4. The van der Waals surface area contributed by atoms with Gasteiger partial charge >= 0.3 is 0 Å². The van der Waals surface area contributed by atoms with Gasteiger partial charge in [-0.1, -0.05) is 6.58 Å². The molecule has 3 saturated heterocycles. The average molecular weight is 440 g/mol. The molecule has 1 aromatic rings. The zero-order valence-electron chi connectivity index (χ0n) is 18.7. The minimum atomic E-state index is -0.0532. The highest BCUT2D eigenvalue weighted by Crippen LogP contribution is 2.25. The molecule has 3 aliphatic heterocycles. The molecule has 3 heterocycles. The molecule has 3 fully saturated rings. The van der Waals surface area contributed by atoms with Crippen molar-refractivity contribution in [3.8, 4) is 0 Å². The molecule has 1 N–H and O–H groups in total. The van der Waals surface area contributed by atoms with Gasteiger partial charge in [-0.2, -0.15) is 0 Å². The van der Waals surface area contributed by atoms with E-state index >= 15 is 0 Å². The van der Waals surface area contributed by atoms with Crippen molar-refractivity contribution < 1.29 is 9.59 Å². The predicted octanol–water partition coefficient (Wildman–Crippen LogP) is 3.34. The van der Waals surface area contributed by atoms with Gasteiger partial charge in [-0.25, -0.2) is 0 Å². The van der Waals surface area contributed by atoms with E-state index in [-0.39, 0.29) is 11.8 Å². The third kappa shape index (κ3) is 5.35. The standard InChI is InChI=1S/C24H33N5O3/c1-18(28-14-10-22(11-15-28)29-12-3-2-4-23(29)30)16-27-13-9-19(17-27)24(31)25-20-5-7-21(26-32)8-6-20/h5-8,19,22H,1-4,9-17H2,(H,25,31). The third-order valence-electron chi connectivity index (χ3n) is 7.00. The zero-order chi connectivity index (χ0) is 22.5. The Hall–Kier alpha value is -2.74. The average Bonchev–Trinajstić information content (AvgIpc) is 3.29. The quantitative estimate of drug-likeness (QED) is 0.659. The summed E-state index contributed by atoms with van der Waals surface area (Å²) in [5.74, 6) is 0.283. The number of hydrogen-bond donors (Lipinski definition) is 1. The predicted molar refractivity (Wildman–Crippen MR) is 124 cm³/mol. The van der Waals surface area contributed by atoms with E-state index in [1.165, 1.54) is 0 Å². The summed E-state index contributed by atoms with van der Waals surface area (Å²) in [5, 5.41) is 5.81. The SMILES string of the molecule is C=C(CN1CCC(C(=O)Nc2ccc(N=O)cc2)C1)N1CCC(N2CCCCC2=O)CC1. The molecule has 0 saturated carbocycles. The number of hydrogen-bond acceptors (Lipinski definition) is 6. The largest absolute Gasteiger partial charge is 0.374 e. The number of nitroso groups, excluding NO2 is 1. The Bertz CT molecular complexity index is 848. The van der Waals surface area contributed by atoms with Gasteiger partial charge in [-0.3, -0.25) is 14.5 Å². The molecular weight excluding hydrogens is 406 g/mol. The molecule has 0 bridgehead atoms. The summed E-state index contributed by atoms with van der Waals surface area (Å²) in [4.78, 5) is 42.1. The second-order valence-electron chi connectivity index (χ2n) is 9.18. The van der Waals surface area contributed by atoms with E-state index in [4.69, 9.17) is 0 Å². The highest BCUT2D eigenvalue weighted by molar-refractivity contribution is 5.93. The van der Waals surface area contributed by atoms with Crippen LogP contribution in [0.3, 0.4) is 0 Å². The fraction of sp³-hybridized carbons (Fsp3) is 0.583. The van der Waals surface area contributed by atoms with E-state index < -0.39 is 0 Å². The second-order valence-corrected chi connectivity index (χ2v) is 9.18. The summed E-state index contributed by atoms with van der Waals surface area (Å²) in [6.07, 6.45) is 5.71. The number of likely N-dealkylation sites (tertiary alicyclic amines) is 3. The lowest BCUT2D eigenvalue weighted by Crippen LogP contribution is -2.49. The summed E-state index contributed by atoms with van der Waals surface area (Å²) >= 11 is 0. The van der Waals surface area contributed by atoms with Crippen LogP contribution < -0.4 is 5.32 Å². The first-order chi connectivity index (χ1) is 15.5. The Morgan fingerprint density at radius 2 is 1.81 bits per heavy atom. The minimum Gasteiger partial charge on any atom is -0.374 e. The third-order valence-corrected chi connectivity index (χ3v) is 7.00. The highest BCUT2D eigenvalue weighted by atomic mass is 16.3. The summed E-state index contributed by atoms with van der Waals surface area (Å²) in [6, 6.07) is 6.97. The van der Waals surface area contributed by atoms with Crippen LogP contribution in [-0.2, 0) is 9.59 Å². The maximum Gasteiger partial charge on any atom is 0.228 e.